The highest BCUT2D eigenvalue weighted by Gasteiger charge is 2.35. The fourth-order valence-electron chi connectivity index (χ4n) is 2.65. The minimum absolute atomic E-state index is 0.174. The SMILES string of the molecule is CCOc1c(OC)cccc1C1CC=CCC1[N+](=O)[O-]. The van der Waals surface area contributed by atoms with Crippen LogP contribution in [0.4, 0.5) is 0 Å². The Hall–Kier alpha value is -2.04. The summed E-state index contributed by atoms with van der Waals surface area (Å²) in [6, 6.07) is 4.96. The highest BCUT2D eigenvalue weighted by Crippen LogP contribution is 2.41. The number of ether oxygens (including phenoxy) is 2. The van der Waals surface area contributed by atoms with E-state index in [1.54, 1.807) is 7.11 Å². The molecule has 0 N–H and O–H groups in total. The maximum absolute atomic E-state index is 11.3. The average Bonchev–Trinajstić information content (AvgIpc) is 2.47. The van der Waals surface area contributed by atoms with E-state index >= 15 is 0 Å². The third-order valence-electron chi connectivity index (χ3n) is 3.59. The minimum atomic E-state index is -0.605. The van der Waals surface area contributed by atoms with Crippen LogP contribution in [0.1, 0.15) is 31.2 Å². The third-order valence-corrected chi connectivity index (χ3v) is 3.59. The van der Waals surface area contributed by atoms with Crippen LogP contribution in [0.15, 0.2) is 30.4 Å². The van der Waals surface area contributed by atoms with Crippen molar-refractivity contribution in [1.82, 2.24) is 0 Å². The highest BCUT2D eigenvalue weighted by atomic mass is 16.6. The molecule has 108 valence electrons. The quantitative estimate of drug-likeness (QED) is 0.471. The summed E-state index contributed by atoms with van der Waals surface area (Å²) in [6.07, 6.45) is 4.99. The van der Waals surface area contributed by atoms with Crippen LogP contribution < -0.4 is 9.47 Å². The van der Waals surface area contributed by atoms with E-state index < -0.39 is 6.04 Å². The second-order valence-corrected chi connectivity index (χ2v) is 4.71. The van der Waals surface area contributed by atoms with Gasteiger partial charge in [0.1, 0.15) is 0 Å². The van der Waals surface area contributed by atoms with Crippen LogP contribution in [0.25, 0.3) is 0 Å². The molecule has 5 heteroatoms. The zero-order chi connectivity index (χ0) is 14.5. The standard InChI is InChI=1S/C15H19NO4/c1-3-20-15-12(8-6-10-14(15)19-2)11-7-4-5-9-13(11)16(17)18/h4-6,8,10-11,13H,3,7,9H2,1-2H3. The van der Waals surface area contributed by atoms with Gasteiger partial charge in [-0.05, 0) is 19.4 Å². The molecule has 1 aliphatic carbocycles. The Morgan fingerprint density at radius 2 is 2.10 bits per heavy atom. The summed E-state index contributed by atoms with van der Waals surface area (Å²) in [6.45, 7) is 2.39. The largest absolute Gasteiger partial charge is 0.493 e. The van der Waals surface area contributed by atoms with Crippen LogP contribution in [-0.2, 0) is 0 Å². The van der Waals surface area contributed by atoms with Crippen molar-refractivity contribution in [2.24, 2.45) is 0 Å². The number of methoxy groups -OCH3 is 1. The predicted molar refractivity (Wildman–Crippen MR) is 76.1 cm³/mol. The summed E-state index contributed by atoms with van der Waals surface area (Å²) in [5.74, 6) is 1.08. The Morgan fingerprint density at radius 3 is 2.75 bits per heavy atom. The minimum Gasteiger partial charge on any atom is -0.493 e. The van der Waals surface area contributed by atoms with Crippen molar-refractivity contribution in [1.29, 1.82) is 0 Å². The van der Waals surface area contributed by atoms with E-state index in [4.69, 9.17) is 9.47 Å². The molecule has 0 fully saturated rings. The summed E-state index contributed by atoms with van der Waals surface area (Å²) >= 11 is 0. The van der Waals surface area contributed by atoms with E-state index in [1.165, 1.54) is 0 Å². The molecule has 0 spiro atoms. The van der Waals surface area contributed by atoms with Crippen molar-refractivity contribution in [3.63, 3.8) is 0 Å². The van der Waals surface area contributed by atoms with Gasteiger partial charge >= 0.3 is 0 Å². The van der Waals surface area contributed by atoms with Crippen LogP contribution in [0.5, 0.6) is 11.5 Å². The van der Waals surface area contributed by atoms with Gasteiger partial charge in [-0.25, -0.2) is 0 Å². The normalized spacial score (nSPS) is 21.5. The van der Waals surface area contributed by atoms with Crippen LogP contribution in [0, 0.1) is 10.1 Å². The molecular formula is C15H19NO4. The highest BCUT2D eigenvalue weighted by molar-refractivity contribution is 5.49. The second-order valence-electron chi connectivity index (χ2n) is 4.71. The molecule has 1 aromatic rings. The van der Waals surface area contributed by atoms with E-state index in [0.29, 0.717) is 30.9 Å². The summed E-state index contributed by atoms with van der Waals surface area (Å²) in [5, 5.41) is 11.3. The average molecular weight is 277 g/mol. The summed E-state index contributed by atoms with van der Waals surface area (Å²) in [7, 11) is 1.58. The van der Waals surface area contributed by atoms with Crippen molar-refractivity contribution < 1.29 is 14.4 Å². The first-order valence-electron chi connectivity index (χ1n) is 6.77. The zero-order valence-electron chi connectivity index (χ0n) is 11.7. The molecule has 0 saturated carbocycles. The number of nitrogens with zero attached hydrogens (tertiary/aromatic N) is 1. The Morgan fingerprint density at radius 1 is 1.35 bits per heavy atom. The Balaban J connectivity index is 2.44. The number of benzene rings is 1. The molecule has 0 saturated heterocycles. The van der Waals surface area contributed by atoms with Crippen molar-refractivity contribution in [3.05, 3.63) is 46.0 Å². The predicted octanol–water partition coefficient (Wildman–Crippen LogP) is 3.17. The van der Waals surface area contributed by atoms with Crippen LogP contribution >= 0.6 is 0 Å². The van der Waals surface area contributed by atoms with Gasteiger partial charge in [0.2, 0.25) is 6.04 Å². The number of allylic oxidation sites excluding steroid dienone is 1. The van der Waals surface area contributed by atoms with E-state index in [0.717, 1.165) is 5.56 Å². The van der Waals surface area contributed by atoms with Crippen molar-refractivity contribution in [3.8, 4) is 11.5 Å². The molecule has 2 atom stereocenters. The van der Waals surface area contributed by atoms with E-state index in [1.807, 2.05) is 37.3 Å². The number of hydrogen-bond acceptors (Lipinski definition) is 4. The Labute approximate surface area is 118 Å². The van der Waals surface area contributed by atoms with Crippen molar-refractivity contribution >= 4 is 0 Å². The first-order valence-corrected chi connectivity index (χ1v) is 6.77. The topological polar surface area (TPSA) is 61.6 Å². The third kappa shape index (κ3) is 2.76. The number of hydrogen-bond donors (Lipinski definition) is 0. The van der Waals surface area contributed by atoms with Crippen molar-refractivity contribution in [2.45, 2.75) is 31.7 Å². The van der Waals surface area contributed by atoms with E-state index in [-0.39, 0.29) is 10.8 Å². The fourth-order valence-corrected chi connectivity index (χ4v) is 2.65. The fraction of sp³-hybridized carbons (Fsp3) is 0.467. The summed E-state index contributed by atoms with van der Waals surface area (Å²) < 4.78 is 11.0. The molecule has 0 bridgehead atoms. The van der Waals surface area contributed by atoms with Gasteiger partial charge in [-0.2, -0.15) is 0 Å². The van der Waals surface area contributed by atoms with Crippen LogP contribution in [0.3, 0.4) is 0 Å². The first-order chi connectivity index (χ1) is 9.69. The van der Waals surface area contributed by atoms with Gasteiger partial charge in [0.05, 0.1) is 19.6 Å². The second kappa shape index (κ2) is 6.41. The van der Waals surface area contributed by atoms with Gasteiger partial charge in [0, 0.05) is 16.9 Å². The lowest BCUT2D eigenvalue weighted by Crippen LogP contribution is -2.29. The molecule has 0 aromatic heterocycles. The van der Waals surface area contributed by atoms with Gasteiger partial charge in [-0.1, -0.05) is 24.3 Å². The van der Waals surface area contributed by atoms with Gasteiger partial charge in [0.25, 0.3) is 0 Å². The molecule has 20 heavy (non-hydrogen) atoms. The molecule has 2 unspecified atom stereocenters. The van der Waals surface area contributed by atoms with Gasteiger partial charge in [-0.15, -0.1) is 0 Å². The van der Waals surface area contributed by atoms with Crippen molar-refractivity contribution in [2.75, 3.05) is 13.7 Å². The van der Waals surface area contributed by atoms with Gasteiger partial charge in [-0.3, -0.25) is 10.1 Å². The molecule has 5 nitrogen and oxygen atoms in total. The van der Waals surface area contributed by atoms with Crippen LogP contribution in [-0.4, -0.2) is 24.7 Å². The number of rotatable bonds is 5. The Bertz CT molecular complexity index is 513. The lowest BCUT2D eigenvalue weighted by molar-refractivity contribution is -0.526. The number of para-hydroxylation sites is 1. The molecule has 0 heterocycles. The summed E-state index contributed by atoms with van der Waals surface area (Å²) in [4.78, 5) is 11.1. The molecule has 1 aromatic carbocycles. The van der Waals surface area contributed by atoms with Gasteiger partial charge in [0.15, 0.2) is 11.5 Å². The molecular weight excluding hydrogens is 258 g/mol. The van der Waals surface area contributed by atoms with E-state index in [9.17, 15) is 10.1 Å². The molecule has 0 amide bonds. The Kier molecular flexibility index (Phi) is 4.61. The molecule has 0 aliphatic heterocycles. The molecule has 1 aliphatic rings. The maximum Gasteiger partial charge on any atom is 0.223 e. The number of nitro groups is 1. The lowest BCUT2D eigenvalue weighted by Gasteiger charge is -2.25. The monoisotopic (exact) mass is 277 g/mol. The summed E-state index contributed by atoms with van der Waals surface area (Å²) in [5.41, 5.74) is 0.859. The first kappa shape index (κ1) is 14.4. The molecule has 0 radical (unpaired) electrons. The smallest absolute Gasteiger partial charge is 0.223 e. The van der Waals surface area contributed by atoms with Crippen LogP contribution in [0.2, 0.25) is 0 Å². The van der Waals surface area contributed by atoms with Gasteiger partial charge < -0.3 is 9.47 Å². The van der Waals surface area contributed by atoms with E-state index in [2.05, 4.69) is 0 Å². The lowest BCUT2D eigenvalue weighted by atomic mass is 9.83. The molecule has 2 rings (SSSR count). The zero-order valence-corrected chi connectivity index (χ0v) is 11.7. The maximum atomic E-state index is 11.3.